The van der Waals surface area contributed by atoms with Crippen LogP contribution >= 0.6 is 11.3 Å². The van der Waals surface area contributed by atoms with Crippen LogP contribution < -0.4 is 10.4 Å². The largest absolute Gasteiger partial charge is 0.401 e. The molecule has 5 heteroatoms. The van der Waals surface area contributed by atoms with Crippen LogP contribution in [-0.4, -0.2) is 14.0 Å². The lowest BCUT2D eigenvalue weighted by atomic mass is 9.80. The summed E-state index contributed by atoms with van der Waals surface area (Å²) in [6, 6.07) is 52.8. The molecule has 0 saturated heterocycles. The molecule has 0 fully saturated rings. The maximum Gasteiger partial charge on any atom is 0.240 e. The van der Waals surface area contributed by atoms with Crippen molar-refractivity contribution in [1.82, 2.24) is 4.98 Å². The second-order valence-electron chi connectivity index (χ2n) is 12.3. The summed E-state index contributed by atoms with van der Waals surface area (Å²) in [7, 11) is -2.00. The Bertz CT molecular complexity index is 1620. The third-order valence-electron chi connectivity index (χ3n) is 8.03. The van der Waals surface area contributed by atoms with Gasteiger partial charge in [-0.3, -0.25) is 0 Å². The predicted molar refractivity (Wildman–Crippen MR) is 189 cm³/mol. The molecule has 0 N–H and O–H groups in total. The smallest absolute Gasteiger partial charge is 0.240 e. The average molecular weight is 626 g/mol. The Morgan fingerprint density at radius 2 is 1.00 bits per heavy atom. The third-order valence-corrected chi connectivity index (χ3v) is 11.5. The molecule has 45 heavy (non-hydrogen) atoms. The molecular formula is C40H39NO2SSi. The van der Waals surface area contributed by atoms with E-state index in [0.29, 0.717) is 6.61 Å². The van der Waals surface area contributed by atoms with E-state index in [4.69, 9.17) is 14.1 Å². The normalized spacial score (nSPS) is 12.7. The maximum absolute atomic E-state index is 7.19. The summed E-state index contributed by atoms with van der Waals surface area (Å²) in [6.45, 7) is 7.07. The van der Waals surface area contributed by atoms with Crippen molar-refractivity contribution in [3.05, 3.63) is 184 Å². The molecule has 6 aromatic rings. The van der Waals surface area contributed by atoms with Gasteiger partial charge < -0.3 is 9.16 Å². The van der Waals surface area contributed by atoms with Gasteiger partial charge in [-0.05, 0) is 32.5 Å². The van der Waals surface area contributed by atoms with Crippen LogP contribution in [0.3, 0.4) is 0 Å². The van der Waals surface area contributed by atoms with Crippen molar-refractivity contribution in [2.45, 2.75) is 39.1 Å². The van der Waals surface area contributed by atoms with Crippen molar-refractivity contribution >= 4 is 30.8 Å². The molecule has 0 aliphatic carbocycles. The van der Waals surface area contributed by atoms with E-state index in [2.05, 4.69) is 160 Å². The summed E-state index contributed by atoms with van der Waals surface area (Å²) in [4.78, 5) is 5.19. The van der Waals surface area contributed by atoms with Crippen molar-refractivity contribution in [2.75, 3.05) is 0 Å². The first-order chi connectivity index (χ1) is 21.9. The topological polar surface area (TPSA) is 31.4 Å². The molecule has 0 amide bonds. The Morgan fingerprint density at radius 1 is 0.600 bits per heavy atom. The first-order valence-electron chi connectivity index (χ1n) is 15.5. The summed E-state index contributed by atoms with van der Waals surface area (Å²) >= 11 is 1.66. The second kappa shape index (κ2) is 13.9. The fraction of sp³-hybridized carbons (Fsp3) is 0.175. The number of nitrogens with zero attached hydrogens (tertiary/aromatic N) is 1. The number of hydrogen-bond acceptors (Lipinski definition) is 4. The fourth-order valence-corrected chi connectivity index (χ4v) is 9.67. The van der Waals surface area contributed by atoms with Gasteiger partial charge >= 0.3 is 0 Å². The van der Waals surface area contributed by atoms with Crippen LogP contribution in [0.15, 0.2) is 157 Å². The van der Waals surface area contributed by atoms with Crippen LogP contribution in [0.2, 0.25) is 0 Å². The van der Waals surface area contributed by atoms with Crippen LogP contribution in [0, 0.1) is 5.41 Å². The molecule has 0 spiro atoms. The molecule has 0 aliphatic rings. The van der Waals surface area contributed by atoms with Gasteiger partial charge in [0.05, 0.1) is 12.3 Å². The number of ether oxygens (including phenoxy) is 1. The molecule has 5 aromatic carbocycles. The third kappa shape index (κ3) is 6.92. The molecule has 1 atom stereocenters. The van der Waals surface area contributed by atoms with E-state index in [1.807, 2.05) is 18.2 Å². The maximum atomic E-state index is 7.19. The SMILES string of the molecule is CC(C)(C)C(O[SiH](c1ccccc1)c1ccccc1)c1nc(COC(c2ccccc2)(c2ccccc2)c2ccccc2)cs1. The Hall–Kier alpha value is -4.13. The summed E-state index contributed by atoms with van der Waals surface area (Å²) in [5, 5.41) is 5.63. The number of hydrogen-bond donors (Lipinski definition) is 0. The minimum atomic E-state index is -2.00. The Morgan fingerprint density at radius 3 is 1.40 bits per heavy atom. The minimum absolute atomic E-state index is 0.160. The zero-order valence-corrected chi connectivity index (χ0v) is 28.0. The zero-order valence-electron chi connectivity index (χ0n) is 26.0. The van der Waals surface area contributed by atoms with Gasteiger partial charge in [-0.2, -0.15) is 0 Å². The highest BCUT2D eigenvalue weighted by atomic mass is 32.1. The van der Waals surface area contributed by atoms with Crippen LogP contribution in [0.25, 0.3) is 0 Å². The van der Waals surface area contributed by atoms with E-state index in [9.17, 15) is 0 Å². The zero-order chi connectivity index (χ0) is 31.1. The van der Waals surface area contributed by atoms with Gasteiger partial charge in [-0.15, -0.1) is 11.3 Å². The molecule has 3 nitrogen and oxygen atoms in total. The molecule has 226 valence electrons. The first kappa shape index (κ1) is 30.9. The first-order valence-corrected chi connectivity index (χ1v) is 18.0. The van der Waals surface area contributed by atoms with E-state index in [1.54, 1.807) is 11.3 Å². The second-order valence-corrected chi connectivity index (χ2v) is 15.6. The monoisotopic (exact) mass is 625 g/mol. The molecule has 0 radical (unpaired) electrons. The summed E-state index contributed by atoms with van der Waals surface area (Å²) < 4.78 is 14.3. The highest BCUT2D eigenvalue weighted by Crippen LogP contribution is 2.42. The van der Waals surface area contributed by atoms with Crippen molar-refractivity contribution in [2.24, 2.45) is 5.41 Å². The van der Waals surface area contributed by atoms with Gasteiger partial charge in [0.2, 0.25) is 9.04 Å². The lowest BCUT2D eigenvalue weighted by molar-refractivity contribution is -0.00148. The molecule has 0 saturated carbocycles. The van der Waals surface area contributed by atoms with Crippen LogP contribution in [0.5, 0.6) is 0 Å². The fourth-order valence-electron chi connectivity index (χ4n) is 5.83. The summed E-state index contributed by atoms with van der Waals surface area (Å²) in [5.41, 5.74) is 3.17. The Balaban J connectivity index is 1.34. The Kier molecular flexibility index (Phi) is 9.52. The molecule has 1 heterocycles. The highest BCUT2D eigenvalue weighted by Gasteiger charge is 2.38. The molecule has 1 unspecified atom stereocenters. The average Bonchev–Trinajstić information content (AvgIpc) is 3.55. The van der Waals surface area contributed by atoms with Crippen molar-refractivity contribution in [3.8, 4) is 0 Å². The quantitative estimate of drug-likeness (QED) is 0.107. The van der Waals surface area contributed by atoms with Gasteiger partial charge in [0.25, 0.3) is 0 Å². The molecule has 6 rings (SSSR count). The van der Waals surface area contributed by atoms with E-state index in [-0.39, 0.29) is 11.5 Å². The van der Waals surface area contributed by atoms with Gasteiger partial charge in [-0.25, -0.2) is 4.98 Å². The standard InChI is InChI=1S/C40H39NO2SSi/c1-39(2,3)37(43-45(35-25-15-7-16-26-35)36-27-17-8-18-28-36)38-41-34(30-44-38)29-42-40(31-19-9-4-10-20-31,32-21-11-5-12-22-32)33-23-13-6-14-24-33/h4-28,30,37,45H,29H2,1-3H3. The lowest BCUT2D eigenvalue weighted by Gasteiger charge is -2.35. The van der Waals surface area contributed by atoms with Gasteiger partial charge in [0.1, 0.15) is 16.7 Å². The highest BCUT2D eigenvalue weighted by molar-refractivity contribution is 7.09. The molecule has 1 aromatic heterocycles. The molecule has 0 aliphatic heterocycles. The van der Waals surface area contributed by atoms with Crippen molar-refractivity contribution in [1.29, 1.82) is 0 Å². The molecular weight excluding hydrogens is 587 g/mol. The number of aromatic nitrogens is 1. The van der Waals surface area contributed by atoms with E-state index in [0.717, 1.165) is 27.4 Å². The molecule has 0 bridgehead atoms. The number of rotatable bonds is 11. The lowest BCUT2D eigenvalue weighted by Crippen LogP contribution is -2.47. The van der Waals surface area contributed by atoms with Gasteiger partial charge in [0, 0.05) is 5.38 Å². The number of thiazole rings is 1. The predicted octanol–water partition coefficient (Wildman–Crippen LogP) is 8.29. The summed E-state index contributed by atoms with van der Waals surface area (Å²) in [6.07, 6.45) is -0.171. The van der Waals surface area contributed by atoms with Crippen LogP contribution in [0.4, 0.5) is 0 Å². The van der Waals surface area contributed by atoms with Gasteiger partial charge in [0.15, 0.2) is 0 Å². The summed E-state index contributed by atoms with van der Waals surface area (Å²) in [5.74, 6) is 0. The van der Waals surface area contributed by atoms with E-state index >= 15 is 0 Å². The van der Waals surface area contributed by atoms with E-state index < -0.39 is 14.6 Å². The number of benzene rings is 5. The van der Waals surface area contributed by atoms with Gasteiger partial charge in [-0.1, -0.05) is 172 Å². The van der Waals surface area contributed by atoms with Crippen molar-refractivity contribution < 1.29 is 9.16 Å². The Labute approximate surface area is 272 Å². The van der Waals surface area contributed by atoms with Crippen LogP contribution in [-0.2, 0) is 21.4 Å². The van der Waals surface area contributed by atoms with E-state index in [1.165, 1.54) is 10.4 Å². The van der Waals surface area contributed by atoms with Crippen molar-refractivity contribution in [3.63, 3.8) is 0 Å². The van der Waals surface area contributed by atoms with Crippen LogP contribution in [0.1, 0.15) is 54.3 Å². The minimum Gasteiger partial charge on any atom is -0.401 e.